The number of aromatic nitrogens is 2. The zero-order valence-corrected chi connectivity index (χ0v) is 51.3. The van der Waals surface area contributed by atoms with Gasteiger partial charge in [-0.05, 0) is 162 Å². The summed E-state index contributed by atoms with van der Waals surface area (Å²) in [6.45, 7) is 19.8. The molecule has 0 spiro atoms. The zero-order valence-electron chi connectivity index (χ0n) is 49.7. The van der Waals surface area contributed by atoms with E-state index in [-0.39, 0.29) is 0 Å². The largest absolute Gasteiger partial charge is 0.494 e. The molecule has 6 nitrogen and oxygen atoms in total. The van der Waals surface area contributed by atoms with E-state index >= 15 is 0 Å². The average molecular weight is 1140 g/mol. The summed E-state index contributed by atoms with van der Waals surface area (Å²) in [6, 6.07) is 59.4. The molecule has 0 saturated heterocycles. The molecule has 0 unspecified atom stereocenters. The van der Waals surface area contributed by atoms with Crippen LogP contribution < -0.4 is 14.4 Å². The van der Waals surface area contributed by atoms with Crippen molar-refractivity contribution in [1.29, 1.82) is 0 Å². The fraction of sp³-hybridized carbons (Fsp3) is 0.347. The lowest BCUT2D eigenvalue weighted by Crippen LogP contribution is -2.28. The minimum atomic E-state index is -0.658. The van der Waals surface area contributed by atoms with Crippen LogP contribution in [0.25, 0.3) is 54.0 Å². The topological polar surface area (TPSA) is 51.8 Å². The Labute approximate surface area is 503 Å². The maximum atomic E-state index is 7.43. The van der Waals surface area contributed by atoms with Crippen LogP contribution >= 0.6 is 23.1 Å². The molecule has 8 heteroatoms. The van der Waals surface area contributed by atoms with E-state index in [4.69, 9.17) is 24.8 Å². The normalized spacial score (nSPS) is 12.6. The highest BCUT2D eigenvalue weighted by Gasteiger charge is 2.48. The third-order valence-corrected chi connectivity index (χ3v) is 18.4. The fourth-order valence-corrected chi connectivity index (χ4v) is 13.9. The van der Waals surface area contributed by atoms with E-state index in [1.807, 2.05) is 24.3 Å². The van der Waals surface area contributed by atoms with Crippen molar-refractivity contribution in [3.63, 3.8) is 0 Å². The van der Waals surface area contributed by atoms with Gasteiger partial charge in [-0.15, -0.1) is 11.3 Å². The van der Waals surface area contributed by atoms with Crippen LogP contribution in [0.15, 0.2) is 163 Å². The smallest absolute Gasteiger partial charge is 0.163 e. The minimum Gasteiger partial charge on any atom is -0.494 e. The predicted molar refractivity (Wildman–Crippen MR) is 353 cm³/mol. The molecule has 0 amide bonds. The molecule has 0 radical (unpaired) electrons. The molecule has 1 aliphatic rings. The first kappa shape index (κ1) is 58.9. The van der Waals surface area contributed by atoms with Gasteiger partial charge < -0.3 is 14.4 Å². The molecule has 0 bridgehead atoms. The average Bonchev–Trinajstić information content (AvgIpc) is 1.74. The number of nitrogens with zero attached hydrogens (tertiary/aromatic N) is 4. The van der Waals surface area contributed by atoms with Crippen LogP contribution in [0.2, 0.25) is 0 Å². The third kappa shape index (κ3) is 13.5. The van der Waals surface area contributed by atoms with Crippen molar-refractivity contribution in [3.05, 3.63) is 214 Å². The Morgan fingerprint density at radius 3 is 1.51 bits per heavy atom. The monoisotopic (exact) mass is 1130 g/mol. The van der Waals surface area contributed by atoms with Crippen LogP contribution in [0.5, 0.6) is 11.5 Å². The lowest BCUT2D eigenvalue weighted by atomic mass is 9.67. The van der Waals surface area contributed by atoms with Crippen LogP contribution in [-0.4, -0.2) is 22.0 Å². The lowest BCUT2D eigenvalue weighted by molar-refractivity contribution is 0.305. The number of allylic oxidation sites excluding steroid dienone is 1. The predicted octanol–water partition coefficient (Wildman–Crippen LogP) is 22.4. The Morgan fingerprint density at radius 1 is 0.506 bits per heavy atom. The van der Waals surface area contributed by atoms with Crippen LogP contribution in [0.3, 0.4) is 0 Å². The standard InChI is InChI=1S/C75H82N4O2S2/c1-7-11-15-19-23-55-27-33-59(34-28-55)75(60-35-29-56(30-36-60)24-20-16-12-8-2)69-52-63(79(61-37-42-64(43-38-61)80-49-21-17-13-9-3)62-39-44-65(45-40-62)81-50-22-18-14-10-4)41-46-67(69)74-70(75)53-71(82-74)68-48-47-66(72-73(68)78-83-77-72)58-31-25-57(26-32-58)51-54(5)76-6/h25-48,51-53H,7-24,49-50H2,1-5H3/b54-51-. The summed E-state index contributed by atoms with van der Waals surface area (Å²) in [5.41, 5.74) is 18.4. The van der Waals surface area contributed by atoms with Crippen molar-refractivity contribution in [2.75, 3.05) is 18.1 Å². The van der Waals surface area contributed by atoms with Crippen molar-refractivity contribution >= 4 is 57.2 Å². The first-order chi connectivity index (χ1) is 40.9. The van der Waals surface area contributed by atoms with Crippen LogP contribution in [0.1, 0.15) is 176 Å². The van der Waals surface area contributed by atoms with E-state index in [0.29, 0.717) is 5.70 Å². The Balaban J connectivity index is 1.13. The van der Waals surface area contributed by atoms with Gasteiger partial charge in [-0.3, -0.25) is 0 Å². The van der Waals surface area contributed by atoms with Gasteiger partial charge in [-0.25, -0.2) is 4.85 Å². The number of anilines is 3. The Hall–Kier alpha value is -7.31. The molecule has 10 rings (SSSR count). The van der Waals surface area contributed by atoms with Crippen molar-refractivity contribution < 1.29 is 9.47 Å². The second kappa shape index (κ2) is 28.8. The first-order valence-electron chi connectivity index (χ1n) is 31.0. The molecule has 83 heavy (non-hydrogen) atoms. The molecule has 0 N–H and O–H groups in total. The van der Waals surface area contributed by atoms with Gasteiger partial charge in [0.05, 0.1) is 36.9 Å². The van der Waals surface area contributed by atoms with E-state index in [9.17, 15) is 0 Å². The van der Waals surface area contributed by atoms with Gasteiger partial charge in [0, 0.05) is 37.9 Å². The van der Waals surface area contributed by atoms with Gasteiger partial charge >= 0.3 is 0 Å². The first-order valence-corrected chi connectivity index (χ1v) is 32.6. The van der Waals surface area contributed by atoms with Gasteiger partial charge in [-0.1, -0.05) is 202 Å². The number of ether oxygens (including phenoxy) is 2. The molecule has 2 heterocycles. The molecule has 7 aromatic carbocycles. The van der Waals surface area contributed by atoms with Crippen LogP contribution in [0, 0.1) is 6.57 Å². The summed E-state index contributed by atoms with van der Waals surface area (Å²) in [4.78, 5) is 8.46. The van der Waals surface area contributed by atoms with Crippen molar-refractivity contribution in [1.82, 2.24) is 8.75 Å². The molecular formula is C75H82N4O2S2. The molecule has 426 valence electrons. The number of thiophene rings is 1. The molecule has 9 aromatic rings. The number of unbranched alkanes of at least 4 members (excludes halogenated alkanes) is 12. The van der Waals surface area contributed by atoms with E-state index < -0.39 is 5.41 Å². The van der Waals surface area contributed by atoms with Gasteiger partial charge in [0.2, 0.25) is 0 Å². The highest BCUT2D eigenvalue weighted by atomic mass is 32.1. The van der Waals surface area contributed by atoms with Crippen molar-refractivity contribution in [3.8, 4) is 43.5 Å². The minimum absolute atomic E-state index is 0.658. The Morgan fingerprint density at radius 2 is 0.988 bits per heavy atom. The molecule has 0 aliphatic heterocycles. The highest BCUT2D eigenvalue weighted by molar-refractivity contribution is 7.19. The van der Waals surface area contributed by atoms with Crippen LogP contribution in [0.4, 0.5) is 17.1 Å². The number of hydrogen-bond donors (Lipinski definition) is 0. The molecule has 0 saturated carbocycles. The van der Waals surface area contributed by atoms with Gasteiger partial charge in [0.1, 0.15) is 22.5 Å². The van der Waals surface area contributed by atoms with E-state index in [0.717, 1.165) is 101 Å². The number of aryl methyl sites for hydroxylation is 2. The van der Waals surface area contributed by atoms with Crippen molar-refractivity contribution in [2.45, 2.75) is 156 Å². The number of rotatable bonds is 30. The summed E-state index contributed by atoms with van der Waals surface area (Å²) in [7, 11) is 0. The van der Waals surface area contributed by atoms with Gasteiger partial charge in [-0.2, -0.15) is 8.75 Å². The summed E-state index contributed by atoms with van der Waals surface area (Å²) in [5.74, 6) is 1.78. The Bertz CT molecular complexity index is 3470. The maximum absolute atomic E-state index is 7.43. The van der Waals surface area contributed by atoms with Crippen LogP contribution in [-0.2, 0) is 18.3 Å². The lowest BCUT2D eigenvalue weighted by Gasteiger charge is -2.35. The van der Waals surface area contributed by atoms with Gasteiger partial charge in [0.15, 0.2) is 5.70 Å². The molecule has 2 aromatic heterocycles. The second-order valence-corrected chi connectivity index (χ2v) is 24.2. The highest BCUT2D eigenvalue weighted by Crippen LogP contribution is 2.61. The SMILES string of the molecule is [C-]#[N+]/C(C)=C\c1ccc(-c2ccc(-c3cc4c(s3)-c3ccc(N(c5ccc(OCCCCCC)cc5)c5ccc(OCCCCCC)cc5)cc3C4(c3ccc(CCCCCC)cc3)c3ccc(CCCCCC)cc3)c3nsnc23)cc1. The van der Waals surface area contributed by atoms with Gasteiger partial charge in [0.25, 0.3) is 0 Å². The second-order valence-electron chi connectivity index (χ2n) is 22.6. The van der Waals surface area contributed by atoms with E-state index in [2.05, 4.69) is 195 Å². The summed E-state index contributed by atoms with van der Waals surface area (Å²) >= 11 is 3.15. The quantitative estimate of drug-likeness (QED) is 0.0332. The van der Waals surface area contributed by atoms with Crippen molar-refractivity contribution in [2.24, 2.45) is 0 Å². The summed E-state index contributed by atoms with van der Waals surface area (Å²) in [5, 5.41) is 0. The fourth-order valence-electron chi connectivity index (χ4n) is 12.1. The van der Waals surface area contributed by atoms with E-state index in [1.54, 1.807) is 0 Å². The number of benzene rings is 7. The summed E-state index contributed by atoms with van der Waals surface area (Å²) < 4.78 is 22.7. The Kier molecular flexibility index (Phi) is 20.4. The molecule has 0 fully saturated rings. The number of fused-ring (bicyclic) bond motifs is 4. The summed E-state index contributed by atoms with van der Waals surface area (Å²) in [6.07, 6.45) is 23.3. The van der Waals surface area contributed by atoms with E-state index in [1.165, 1.54) is 150 Å². The maximum Gasteiger partial charge on any atom is 0.163 e. The molecular weight excluding hydrogens is 1050 g/mol. The molecule has 0 atom stereocenters. The third-order valence-electron chi connectivity index (χ3n) is 16.6. The zero-order chi connectivity index (χ0) is 57.4. The molecule has 1 aliphatic carbocycles. The number of hydrogen-bond acceptors (Lipinski definition) is 7.